The van der Waals surface area contributed by atoms with Crippen molar-refractivity contribution in [1.29, 1.82) is 0 Å². The van der Waals surface area contributed by atoms with E-state index in [2.05, 4.69) is 0 Å². The Balaban J connectivity index is 1.95. The van der Waals surface area contributed by atoms with Crippen LogP contribution in [0.25, 0.3) is 0 Å². The van der Waals surface area contributed by atoms with Crippen molar-refractivity contribution in [2.75, 3.05) is 11.9 Å². The Morgan fingerprint density at radius 1 is 0.923 bits per heavy atom. The molecule has 0 atom stereocenters. The first-order valence-corrected chi connectivity index (χ1v) is 9.07. The number of benzene rings is 3. The van der Waals surface area contributed by atoms with Gasteiger partial charge in [-0.15, -0.1) is 0 Å². The van der Waals surface area contributed by atoms with Gasteiger partial charge in [0.2, 0.25) is 0 Å². The molecule has 3 rings (SSSR count). The summed E-state index contributed by atoms with van der Waals surface area (Å²) in [6, 6.07) is 18.6. The van der Waals surface area contributed by atoms with Gasteiger partial charge in [-0.1, -0.05) is 48.1 Å². The fourth-order valence-corrected chi connectivity index (χ4v) is 3.74. The molecule has 0 bridgehead atoms. The lowest BCUT2D eigenvalue weighted by Crippen LogP contribution is -2.12. The fraction of sp³-hybridized carbons (Fsp3) is 0.136. The number of halogens is 2. The Morgan fingerprint density at radius 2 is 1.65 bits per heavy atom. The Labute approximate surface area is 164 Å². The lowest BCUT2D eigenvalue weighted by Gasteiger charge is -2.22. The molecule has 0 radical (unpaired) electrons. The summed E-state index contributed by atoms with van der Waals surface area (Å²) in [6.07, 6.45) is 0. The zero-order valence-electron chi connectivity index (χ0n) is 14.9. The second-order valence-electron chi connectivity index (χ2n) is 6.30. The predicted molar refractivity (Wildman–Crippen MR) is 113 cm³/mol. The lowest BCUT2D eigenvalue weighted by atomic mass is 10.00. The summed E-state index contributed by atoms with van der Waals surface area (Å²) in [6.45, 7) is 3.92. The van der Waals surface area contributed by atoms with Gasteiger partial charge in [-0.05, 0) is 66.9 Å². The van der Waals surface area contributed by atoms with Crippen molar-refractivity contribution >= 4 is 40.1 Å². The Morgan fingerprint density at radius 3 is 2.31 bits per heavy atom. The maximum atomic E-state index is 13.4. The average Bonchev–Trinajstić information content (AvgIpc) is 2.61. The molecule has 0 aliphatic rings. The molecular formula is C22H19ClFNS. The summed E-state index contributed by atoms with van der Waals surface area (Å²) in [5.41, 5.74) is 5.68. The quantitative estimate of drug-likeness (QED) is 0.367. The largest absolute Gasteiger partial charge is 0.344 e. The van der Waals surface area contributed by atoms with Crippen molar-refractivity contribution in [3.05, 3.63) is 93.8 Å². The van der Waals surface area contributed by atoms with E-state index in [1.807, 2.05) is 68.3 Å². The van der Waals surface area contributed by atoms with E-state index < -0.39 is 0 Å². The van der Waals surface area contributed by atoms with Gasteiger partial charge >= 0.3 is 0 Å². The molecule has 0 aliphatic carbocycles. The van der Waals surface area contributed by atoms with Gasteiger partial charge in [0, 0.05) is 24.0 Å². The van der Waals surface area contributed by atoms with Crippen LogP contribution in [-0.4, -0.2) is 11.9 Å². The maximum absolute atomic E-state index is 13.4. The number of hydrogen-bond acceptors (Lipinski definition) is 2. The van der Waals surface area contributed by atoms with Crippen LogP contribution in [0.4, 0.5) is 15.8 Å². The summed E-state index contributed by atoms with van der Waals surface area (Å²) < 4.78 is 13.4. The summed E-state index contributed by atoms with van der Waals surface area (Å²) >= 11 is 12.2. The number of hydrogen-bond donors (Lipinski definition) is 0. The van der Waals surface area contributed by atoms with Gasteiger partial charge in [0.05, 0.1) is 9.89 Å². The normalized spacial score (nSPS) is 10.7. The third-order valence-corrected chi connectivity index (χ3v) is 5.25. The molecule has 0 fully saturated rings. The molecule has 4 heteroatoms. The second-order valence-corrected chi connectivity index (χ2v) is 7.11. The monoisotopic (exact) mass is 383 g/mol. The molecule has 3 aromatic rings. The Hall–Kier alpha value is -2.23. The molecule has 0 spiro atoms. The highest BCUT2D eigenvalue weighted by atomic mass is 35.5. The van der Waals surface area contributed by atoms with Crippen molar-refractivity contribution in [3.8, 4) is 0 Å². The molecule has 0 saturated heterocycles. The van der Waals surface area contributed by atoms with Gasteiger partial charge in [0.15, 0.2) is 0 Å². The highest BCUT2D eigenvalue weighted by Crippen LogP contribution is 2.31. The van der Waals surface area contributed by atoms with E-state index in [9.17, 15) is 4.39 Å². The number of anilines is 2. The predicted octanol–water partition coefficient (Wildman–Crippen LogP) is 6.63. The van der Waals surface area contributed by atoms with Gasteiger partial charge in [-0.2, -0.15) is 0 Å². The van der Waals surface area contributed by atoms with Gasteiger partial charge in [-0.3, -0.25) is 0 Å². The van der Waals surface area contributed by atoms with Gasteiger partial charge < -0.3 is 4.90 Å². The summed E-state index contributed by atoms with van der Waals surface area (Å²) in [4.78, 5) is 2.72. The topological polar surface area (TPSA) is 3.24 Å². The summed E-state index contributed by atoms with van der Waals surface area (Å²) in [5.74, 6) is -0.239. The van der Waals surface area contributed by atoms with Crippen LogP contribution in [0.2, 0.25) is 5.02 Å². The molecule has 0 aliphatic heterocycles. The van der Waals surface area contributed by atoms with Crippen LogP contribution in [0, 0.1) is 19.7 Å². The molecule has 0 N–H and O–H groups in total. The van der Waals surface area contributed by atoms with Crippen LogP contribution in [0.5, 0.6) is 0 Å². The average molecular weight is 384 g/mol. The molecule has 26 heavy (non-hydrogen) atoms. The molecule has 0 saturated carbocycles. The molecule has 0 aromatic heterocycles. The third-order valence-electron chi connectivity index (χ3n) is 4.49. The van der Waals surface area contributed by atoms with E-state index in [0.29, 0.717) is 5.02 Å². The van der Waals surface area contributed by atoms with Crippen LogP contribution in [-0.2, 0) is 0 Å². The van der Waals surface area contributed by atoms with Crippen LogP contribution in [0.3, 0.4) is 0 Å². The van der Waals surface area contributed by atoms with Crippen molar-refractivity contribution in [2.24, 2.45) is 0 Å². The lowest BCUT2D eigenvalue weighted by molar-refractivity contribution is 0.626. The molecule has 0 amide bonds. The first-order chi connectivity index (χ1) is 12.4. The van der Waals surface area contributed by atoms with Gasteiger partial charge in [0.25, 0.3) is 0 Å². The number of aryl methyl sites for hydroxylation is 2. The first-order valence-electron chi connectivity index (χ1n) is 8.28. The van der Waals surface area contributed by atoms with Crippen molar-refractivity contribution in [2.45, 2.75) is 13.8 Å². The van der Waals surface area contributed by atoms with E-state index >= 15 is 0 Å². The van der Waals surface area contributed by atoms with Gasteiger partial charge in [-0.25, -0.2) is 4.39 Å². The third kappa shape index (κ3) is 3.64. The van der Waals surface area contributed by atoms with Crippen molar-refractivity contribution < 1.29 is 4.39 Å². The van der Waals surface area contributed by atoms with Crippen LogP contribution in [0.1, 0.15) is 22.3 Å². The minimum Gasteiger partial charge on any atom is -0.344 e. The summed E-state index contributed by atoms with van der Waals surface area (Å²) in [7, 11) is 1.94. The fourth-order valence-electron chi connectivity index (χ4n) is 3.00. The summed E-state index contributed by atoms with van der Waals surface area (Å²) in [5, 5.41) is 0.599. The second kappa shape index (κ2) is 7.56. The smallest absolute Gasteiger partial charge is 0.123 e. The van der Waals surface area contributed by atoms with Crippen LogP contribution >= 0.6 is 23.8 Å². The number of thiocarbonyl (C=S) groups is 1. The SMILES string of the molecule is Cc1ccccc1C(=S)c1ccc(N(C)c2ccc(F)cc2C)cc1Cl. The van der Waals surface area contributed by atoms with Crippen molar-refractivity contribution in [1.82, 2.24) is 0 Å². The van der Waals surface area contributed by atoms with Crippen LogP contribution < -0.4 is 4.90 Å². The zero-order valence-corrected chi connectivity index (χ0v) is 16.5. The highest BCUT2D eigenvalue weighted by Gasteiger charge is 2.14. The first kappa shape index (κ1) is 18.6. The Bertz CT molecular complexity index is 984. The molecule has 0 unspecified atom stereocenters. The number of nitrogens with zero attached hydrogens (tertiary/aromatic N) is 1. The molecular weight excluding hydrogens is 365 g/mol. The maximum Gasteiger partial charge on any atom is 0.123 e. The minimum atomic E-state index is -0.239. The highest BCUT2D eigenvalue weighted by molar-refractivity contribution is 7.81. The van der Waals surface area contributed by atoms with E-state index in [4.69, 9.17) is 23.8 Å². The van der Waals surface area contributed by atoms with Gasteiger partial charge in [0.1, 0.15) is 5.82 Å². The van der Waals surface area contributed by atoms with E-state index in [0.717, 1.165) is 38.5 Å². The van der Waals surface area contributed by atoms with E-state index in [-0.39, 0.29) is 5.82 Å². The minimum absolute atomic E-state index is 0.239. The molecule has 0 heterocycles. The Kier molecular flexibility index (Phi) is 5.40. The van der Waals surface area contributed by atoms with E-state index in [1.165, 1.54) is 12.1 Å². The molecule has 132 valence electrons. The molecule has 3 aromatic carbocycles. The number of rotatable bonds is 4. The van der Waals surface area contributed by atoms with Crippen LogP contribution in [0.15, 0.2) is 60.7 Å². The van der Waals surface area contributed by atoms with Crippen molar-refractivity contribution in [3.63, 3.8) is 0 Å². The standard InChI is InChI=1S/C22H19ClFNS/c1-14-6-4-5-7-18(14)22(26)19-10-9-17(13-20(19)23)25(3)21-11-8-16(24)12-15(21)2/h4-13H,1-3H3. The van der Waals surface area contributed by atoms with E-state index in [1.54, 1.807) is 6.07 Å². The zero-order chi connectivity index (χ0) is 18.8. The molecule has 1 nitrogen and oxygen atoms in total.